The van der Waals surface area contributed by atoms with Crippen LogP contribution in [0.25, 0.3) is 0 Å². The predicted molar refractivity (Wildman–Crippen MR) is 201 cm³/mol. The van der Waals surface area contributed by atoms with Crippen molar-refractivity contribution in [2.45, 2.75) is 91.4 Å². The highest BCUT2D eigenvalue weighted by atomic mass is 32.2. The van der Waals surface area contributed by atoms with Gasteiger partial charge in [0, 0.05) is 23.0 Å². The SMILES string of the molecule is CCCCC1(CC)CS(=O)(=O)c2cc(OCC(=O)N[C@@H](C(=O)NC[C@H](O)[C@@H](O)[C@H](O)[C@H](O)CO)c3ccccc3)c(SC)cc2C(c2ccccc2)N1. The smallest absolute Gasteiger partial charge is 0.258 e. The van der Waals surface area contributed by atoms with Crippen molar-refractivity contribution < 1.29 is 48.3 Å². The van der Waals surface area contributed by atoms with Crippen LogP contribution in [0.2, 0.25) is 0 Å². The van der Waals surface area contributed by atoms with Crippen LogP contribution >= 0.6 is 11.8 Å². The highest BCUT2D eigenvalue weighted by Crippen LogP contribution is 2.42. The molecule has 0 radical (unpaired) electrons. The van der Waals surface area contributed by atoms with Crippen LogP contribution in [0, 0.1) is 0 Å². The highest BCUT2D eigenvalue weighted by Gasteiger charge is 2.42. The number of ether oxygens (including phenoxy) is 1. The first-order valence-corrected chi connectivity index (χ1v) is 20.5. The van der Waals surface area contributed by atoms with Crippen molar-refractivity contribution in [1.29, 1.82) is 0 Å². The molecule has 4 rings (SSSR count). The van der Waals surface area contributed by atoms with E-state index < -0.39 is 83.4 Å². The van der Waals surface area contributed by atoms with Crippen molar-refractivity contribution in [1.82, 2.24) is 16.0 Å². The first kappa shape index (κ1) is 42.2. The Morgan fingerprint density at radius 2 is 1.62 bits per heavy atom. The van der Waals surface area contributed by atoms with E-state index in [2.05, 4.69) is 22.9 Å². The molecule has 53 heavy (non-hydrogen) atoms. The molecular weight excluding hydrogens is 723 g/mol. The average molecular weight is 774 g/mol. The summed E-state index contributed by atoms with van der Waals surface area (Å²) in [5.74, 6) is -1.36. The third-order valence-electron chi connectivity index (χ3n) is 9.55. The molecule has 290 valence electrons. The van der Waals surface area contributed by atoms with Crippen LogP contribution in [-0.2, 0) is 19.4 Å². The normalized spacial score (nSPS) is 20.9. The van der Waals surface area contributed by atoms with Crippen molar-refractivity contribution in [3.8, 4) is 5.75 Å². The standard InChI is InChI=1S/C38H51N3O10S2/c1-4-6-17-38(5-2)23-53(49,50)31-19-29(30(52-3)18-26(31)33(41-38)24-13-9-7-10-14-24)51-22-32(45)40-34(25-15-11-8-12-16-25)37(48)39-20-27(43)35(46)36(47)28(44)21-42/h7-16,18-19,27-28,33-36,41-44,46-47H,4-6,17,20-23H2,1-3H3,(H,39,48)(H,40,45)/t27-,28+,33?,34+,35+,36+,38?/m0/s1. The first-order chi connectivity index (χ1) is 25.3. The molecule has 1 aliphatic heterocycles. The minimum atomic E-state index is -3.84. The number of carbonyl (C=O) groups excluding carboxylic acids is 2. The average Bonchev–Trinajstić information content (AvgIpc) is 3.27. The minimum Gasteiger partial charge on any atom is -0.483 e. The van der Waals surface area contributed by atoms with E-state index in [4.69, 9.17) is 9.84 Å². The fourth-order valence-electron chi connectivity index (χ4n) is 6.42. The van der Waals surface area contributed by atoms with E-state index in [0.29, 0.717) is 28.9 Å². The van der Waals surface area contributed by atoms with Gasteiger partial charge >= 0.3 is 0 Å². The molecule has 2 amide bonds. The number of fused-ring (bicyclic) bond motifs is 1. The lowest BCUT2D eigenvalue weighted by Crippen LogP contribution is -2.51. The van der Waals surface area contributed by atoms with E-state index in [1.54, 1.807) is 36.4 Å². The van der Waals surface area contributed by atoms with E-state index in [0.717, 1.165) is 18.4 Å². The van der Waals surface area contributed by atoms with Gasteiger partial charge in [-0.15, -0.1) is 11.8 Å². The quantitative estimate of drug-likeness (QED) is 0.0873. The van der Waals surface area contributed by atoms with Gasteiger partial charge in [0.25, 0.3) is 5.91 Å². The number of sulfone groups is 1. The summed E-state index contributed by atoms with van der Waals surface area (Å²) >= 11 is 1.34. The third kappa shape index (κ3) is 10.6. The molecule has 0 fully saturated rings. The maximum atomic E-state index is 14.2. The minimum absolute atomic E-state index is 0.105. The van der Waals surface area contributed by atoms with Gasteiger partial charge < -0.3 is 40.9 Å². The van der Waals surface area contributed by atoms with Gasteiger partial charge in [-0.05, 0) is 41.9 Å². The van der Waals surface area contributed by atoms with Crippen LogP contribution < -0.4 is 20.7 Å². The summed E-state index contributed by atoms with van der Waals surface area (Å²) < 4.78 is 34.4. The molecular formula is C38H51N3O10S2. The van der Waals surface area contributed by atoms with Gasteiger partial charge in [-0.3, -0.25) is 14.9 Å². The highest BCUT2D eigenvalue weighted by molar-refractivity contribution is 7.98. The summed E-state index contributed by atoms with van der Waals surface area (Å²) in [7, 11) is -3.84. The molecule has 2 unspecified atom stereocenters. The number of unbranched alkanes of at least 4 members (excludes halogenated alkanes) is 1. The summed E-state index contributed by atoms with van der Waals surface area (Å²) in [6, 6.07) is 19.6. The molecule has 0 saturated heterocycles. The molecule has 7 atom stereocenters. The summed E-state index contributed by atoms with van der Waals surface area (Å²) in [5, 5.41) is 57.8. The van der Waals surface area contributed by atoms with Crippen molar-refractivity contribution in [2.24, 2.45) is 0 Å². The number of nitrogens with one attached hydrogen (secondary N) is 3. The van der Waals surface area contributed by atoms with Crippen molar-refractivity contribution in [3.05, 3.63) is 89.5 Å². The monoisotopic (exact) mass is 773 g/mol. The molecule has 1 heterocycles. The molecule has 0 aliphatic carbocycles. The van der Waals surface area contributed by atoms with Gasteiger partial charge in [0.05, 0.1) is 29.4 Å². The fourth-order valence-corrected chi connectivity index (χ4v) is 9.12. The van der Waals surface area contributed by atoms with Crippen LogP contribution in [0.1, 0.15) is 68.3 Å². The maximum Gasteiger partial charge on any atom is 0.258 e. The van der Waals surface area contributed by atoms with E-state index in [-0.39, 0.29) is 16.4 Å². The van der Waals surface area contributed by atoms with Gasteiger partial charge in [0.2, 0.25) is 5.91 Å². The number of hydrogen-bond donors (Lipinski definition) is 8. The van der Waals surface area contributed by atoms with Gasteiger partial charge in [0.1, 0.15) is 30.1 Å². The molecule has 13 nitrogen and oxygen atoms in total. The van der Waals surface area contributed by atoms with Gasteiger partial charge in [-0.25, -0.2) is 8.42 Å². The molecule has 3 aromatic carbocycles. The van der Waals surface area contributed by atoms with Gasteiger partial charge in [0.15, 0.2) is 16.4 Å². The Balaban J connectivity index is 1.58. The van der Waals surface area contributed by atoms with Gasteiger partial charge in [-0.1, -0.05) is 87.4 Å². The number of hydrogen-bond acceptors (Lipinski definition) is 12. The topological polar surface area (TPSA) is 215 Å². The summed E-state index contributed by atoms with van der Waals surface area (Å²) in [6.07, 6.45) is -2.31. The van der Waals surface area contributed by atoms with E-state index >= 15 is 0 Å². The van der Waals surface area contributed by atoms with Crippen molar-refractivity contribution >= 4 is 33.4 Å². The summed E-state index contributed by atoms with van der Waals surface area (Å²) in [6.45, 7) is 2.10. The fraction of sp³-hybridized carbons (Fsp3) is 0.474. The van der Waals surface area contributed by atoms with Crippen molar-refractivity contribution in [2.75, 3.05) is 31.8 Å². The Labute approximate surface area is 315 Å². The lowest BCUT2D eigenvalue weighted by molar-refractivity contribution is -0.132. The molecule has 8 N–H and O–H groups in total. The van der Waals surface area contributed by atoms with Gasteiger partial charge in [-0.2, -0.15) is 0 Å². The number of amides is 2. The zero-order chi connectivity index (χ0) is 38.8. The maximum absolute atomic E-state index is 14.2. The molecule has 3 aromatic rings. The molecule has 0 spiro atoms. The lowest BCUT2D eigenvalue weighted by atomic mass is 9.88. The Bertz CT molecular complexity index is 1770. The first-order valence-electron chi connectivity index (χ1n) is 17.6. The van der Waals surface area contributed by atoms with Crippen LogP contribution in [0.15, 0.2) is 82.6 Å². The number of aliphatic hydroxyl groups excluding tert-OH is 5. The molecule has 15 heteroatoms. The number of thioether (sulfide) groups is 1. The summed E-state index contributed by atoms with van der Waals surface area (Å²) in [4.78, 5) is 27.4. The second kappa shape index (κ2) is 19.2. The predicted octanol–water partition coefficient (Wildman–Crippen LogP) is 2.00. The number of carbonyl (C=O) groups is 2. The second-order valence-electron chi connectivity index (χ2n) is 13.3. The lowest BCUT2D eigenvalue weighted by Gasteiger charge is -2.36. The van der Waals surface area contributed by atoms with Crippen LogP contribution in [0.4, 0.5) is 0 Å². The van der Waals surface area contributed by atoms with E-state index in [1.165, 1.54) is 17.8 Å². The van der Waals surface area contributed by atoms with Crippen molar-refractivity contribution in [3.63, 3.8) is 0 Å². The Morgan fingerprint density at radius 1 is 0.981 bits per heavy atom. The number of aliphatic hydroxyl groups is 5. The molecule has 0 saturated carbocycles. The Kier molecular flexibility index (Phi) is 15.3. The largest absolute Gasteiger partial charge is 0.483 e. The van der Waals surface area contributed by atoms with E-state index in [9.17, 15) is 38.4 Å². The van der Waals surface area contributed by atoms with Crippen LogP contribution in [-0.4, -0.2) is 107 Å². The molecule has 0 aromatic heterocycles. The second-order valence-corrected chi connectivity index (χ2v) is 16.1. The van der Waals surface area contributed by atoms with Crippen LogP contribution in [0.3, 0.4) is 0 Å². The van der Waals surface area contributed by atoms with E-state index in [1.807, 2.05) is 43.5 Å². The zero-order valence-electron chi connectivity index (χ0n) is 30.1. The number of rotatable bonds is 18. The third-order valence-corrected chi connectivity index (χ3v) is 12.3. The number of benzene rings is 3. The Hall–Kier alpha value is -3.54. The Morgan fingerprint density at radius 3 is 2.23 bits per heavy atom. The molecule has 1 aliphatic rings. The zero-order valence-corrected chi connectivity index (χ0v) is 31.8. The van der Waals surface area contributed by atoms with Crippen LogP contribution in [0.5, 0.6) is 5.75 Å². The summed E-state index contributed by atoms with van der Waals surface area (Å²) in [5.41, 5.74) is 1.24. The molecule has 0 bridgehead atoms.